The molecule has 0 bridgehead atoms. The largest absolute Gasteiger partial charge is 0.456 e. The second-order valence-corrected chi connectivity index (χ2v) is 7.14. The number of rotatable bonds is 2. The van der Waals surface area contributed by atoms with Crippen LogP contribution in [0.25, 0.3) is 0 Å². The number of likely N-dealkylation sites (tertiary alicyclic amines) is 1. The number of benzene rings is 1. The lowest BCUT2D eigenvalue weighted by Crippen LogP contribution is -2.52. The molecule has 2 fully saturated rings. The zero-order chi connectivity index (χ0) is 17.4. The van der Waals surface area contributed by atoms with Gasteiger partial charge in [-0.3, -0.25) is 9.59 Å². The van der Waals surface area contributed by atoms with Gasteiger partial charge < -0.3 is 14.6 Å². The summed E-state index contributed by atoms with van der Waals surface area (Å²) in [6.45, 7) is 3.11. The zero-order valence-electron chi connectivity index (χ0n) is 14.3. The number of carbonyl (C=O) groups is 2. The Morgan fingerprint density at radius 2 is 1.88 bits per heavy atom. The smallest absolute Gasteiger partial charge is 0.289 e. The fourth-order valence-corrected chi connectivity index (χ4v) is 4.01. The molecule has 3 heterocycles. The topological polar surface area (TPSA) is 62.6 Å². The van der Waals surface area contributed by atoms with E-state index in [2.05, 4.69) is 5.32 Å². The molecule has 1 N–H and O–H groups in total. The minimum Gasteiger partial charge on any atom is -0.456 e. The predicted molar refractivity (Wildman–Crippen MR) is 93.3 cm³/mol. The summed E-state index contributed by atoms with van der Waals surface area (Å²) in [5.41, 5.74) is 0.884. The number of carbonyl (C=O) groups excluding carboxylic acids is 2. The van der Waals surface area contributed by atoms with E-state index in [-0.39, 0.29) is 23.3 Å². The summed E-state index contributed by atoms with van der Waals surface area (Å²) in [5, 5.41) is 3.22. The average molecular weight is 338 g/mol. The summed E-state index contributed by atoms with van der Waals surface area (Å²) < 4.78 is 5.45. The summed E-state index contributed by atoms with van der Waals surface area (Å²) in [5.74, 6) is 1.09. The van der Waals surface area contributed by atoms with E-state index in [0.717, 1.165) is 30.6 Å². The fraction of sp³-hybridized carbons (Fsp3) is 0.400. The second-order valence-electron chi connectivity index (χ2n) is 7.14. The Morgan fingerprint density at radius 1 is 1.16 bits per heavy atom. The first-order valence-electron chi connectivity index (χ1n) is 8.79. The normalized spacial score (nSPS) is 22.2. The van der Waals surface area contributed by atoms with Gasteiger partial charge in [0.05, 0.1) is 5.92 Å². The van der Waals surface area contributed by atoms with Gasteiger partial charge in [0.2, 0.25) is 5.91 Å². The van der Waals surface area contributed by atoms with Gasteiger partial charge in [-0.2, -0.15) is 0 Å². The van der Waals surface area contributed by atoms with Gasteiger partial charge in [-0.1, -0.05) is 30.3 Å². The lowest BCUT2D eigenvalue weighted by molar-refractivity contribution is -0.121. The number of furan rings is 1. The molecule has 5 heteroatoms. The van der Waals surface area contributed by atoms with Crippen molar-refractivity contribution in [2.75, 3.05) is 13.1 Å². The first kappa shape index (κ1) is 15.9. The third kappa shape index (κ3) is 2.95. The van der Waals surface area contributed by atoms with Gasteiger partial charge in [0.15, 0.2) is 5.76 Å². The van der Waals surface area contributed by atoms with Crippen LogP contribution in [-0.4, -0.2) is 35.3 Å². The quantitative estimate of drug-likeness (QED) is 0.916. The van der Waals surface area contributed by atoms with Crippen LogP contribution in [-0.2, 0) is 4.79 Å². The van der Waals surface area contributed by atoms with Crippen LogP contribution in [0.1, 0.15) is 47.1 Å². The molecule has 0 radical (unpaired) electrons. The number of hydrogen-bond donors (Lipinski definition) is 1. The maximum Gasteiger partial charge on any atom is 0.289 e. The van der Waals surface area contributed by atoms with Crippen molar-refractivity contribution in [3.8, 4) is 0 Å². The molecule has 1 aromatic heterocycles. The van der Waals surface area contributed by atoms with Crippen LogP contribution in [0.2, 0.25) is 0 Å². The molecule has 2 amide bonds. The lowest BCUT2D eigenvalue weighted by atomic mass is 9.82. The van der Waals surface area contributed by atoms with E-state index in [1.165, 1.54) is 0 Å². The minimum absolute atomic E-state index is 0.0631. The van der Waals surface area contributed by atoms with E-state index >= 15 is 0 Å². The van der Waals surface area contributed by atoms with E-state index in [1.807, 2.05) is 42.2 Å². The first-order chi connectivity index (χ1) is 12.1. The maximum absolute atomic E-state index is 12.5. The minimum atomic E-state index is -0.187. The molecule has 1 atom stereocenters. The first-order valence-corrected chi connectivity index (χ1v) is 8.79. The molecule has 5 nitrogen and oxygen atoms in total. The highest BCUT2D eigenvalue weighted by Crippen LogP contribution is 2.39. The highest BCUT2D eigenvalue weighted by Gasteiger charge is 2.46. The van der Waals surface area contributed by atoms with Crippen LogP contribution < -0.4 is 5.32 Å². The van der Waals surface area contributed by atoms with Gasteiger partial charge >= 0.3 is 0 Å². The Labute approximate surface area is 147 Å². The molecular formula is C20H22N2O3. The molecule has 130 valence electrons. The fourth-order valence-electron chi connectivity index (χ4n) is 4.01. The Morgan fingerprint density at radius 3 is 2.52 bits per heavy atom. The van der Waals surface area contributed by atoms with E-state index in [4.69, 9.17) is 4.42 Å². The number of amides is 2. The van der Waals surface area contributed by atoms with Crippen molar-refractivity contribution in [1.82, 2.24) is 10.2 Å². The summed E-state index contributed by atoms with van der Waals surface area (Å²) in [6.07, 6.45) is 2.37. The van der Waals surface area contributed by atoms with Crippen molar-refractivity contribution in [3.05, 3.63) is 59.5 Å². The van der Waals surface area contributed by atoms with Gasteiger partial charge in [0.25, 0.3) is 5.91 Å². The van der Waals surface area contributed by atoms with Crippen molar-refractivity contribution < 1.29 is 14.0 Å². The van der Waals surface area contributed by atoms with Crippen LogP contribution in [0.5, 0.6) is 0 Å². The average Bonchev–Trinajstić information content (AvgIpc) is 3.20. The van der Waals surface area contributed by atoms with Gasteiger partial charge in [-0.25, -0.2) is 0 Å². The number of aryl methyl sites for hydroxylation is 1. The summed E-state index contributed by atoms with van der Waals surface area (Å²) in [7, 11) is 0. The SMILES string of the molecule is Cc1ccc(C(=O)N2CCC3(CC2)C[C@H](c2ccccc2)C(=O)N3)o1. The molecule has 2 saturated heterocycles. The standard InChI is InChI=1S/C20H22N2O3/c1-14-7-8-17(25-14)19(24)22-11-9-20(10-12-22)13-16(18(23)21-20)15-5-3-2-4-6-15/h2-8,16H,9-13H2,1H3,(H,21,23)/t16-/m1/s1. The Bertz CT molecular complexity index is 788. The van der Waals surface area contributed by atoms with Gasteiger partial charge in [0.1, 0.15) is 5.76 Å². The van der Waals surface area contributed by atoms with Crippen LogP contribution >= 0.6 is 0 Å². The van der Waals surface area contributed by atoms with E-state index in [0.29, 0.717) is 18.8 Å². The third-order valence-corrected chi connectivity index (χ3v) is 5.46. The number of nitrogens with one attached hydrogen (secondary N) is 1. The Balaban J connectivity index is 1.43. The van der Waals surface area contributed by atoms with E-state index < -0.39 is 0 Å². The number of piperidine rings is 1. The Kier molecular flexibility index (Phi) is 3.86. The summed E-state index contributed by atoms with van der Waals surface area (Å²) in [4.78, 5) is 26.8. The zero-order valence-corrected chi connectivity index (χ0v) is 14.3. The lowest BCUT2D eigenvalue weighted by Gasteiger charge is -2.39. The van der Waals surface area contributed by atoms with Crippen molar-refractivity contribution in [3.63, 3.8) is 0 Å². The molecule has 2 aliphatic heterocycles. The number of nitrogens with zero attached hydrogens (tertiary/aromatic N) is 1. The van der Waals surface area contributed by atoms with Crippen molar-refractivity contribution in [2.24, 2.45) is 0 Å². The van der Waals surface area contributed by atoms with E-state index in [1.54, 1.807) is 12.1 Å². The van der Waals surface area contributed by atoms with Crippen LogP contribution in [0, 0.1) is 6.92 Å². The molecule has 0 unspecified atom stereocenters. The highest BCUT2D eigenvalue weighted by atomic mass is 16.3. The summed E-state index contributed by atoms with van der Waals surface area (Å²) in [6, 6.07) is 13.5. The second kappa shape index (κ2) is 6.06. The highest BCUT2D eigenvalue weighted by molar-refractivity contribution is 5.92. The van der Waals surface area contributed by atoms with Crippen LogP contribution in [0.15, 0.2) is 46.9 Å². The molecular weight excluding hydrogens is 316 g/mol. The molecule has 1 spiro atoms. The van der Waals surface area contributed by atoms with Gasteiger partial charge in [0, 0.05) is 18.6 Å². The third-order valence-electron chi connectivity index (χ3n) is 5.46. The molecule has 2 aromatic rings. The van der Waals surface area contributed by atoms with Crippen molar-refractivity contribution >= 4 is 11.8 Å². The van der Waals surface area contributed by atoms with Crippen LogP contribution in [0.4, 0.5) is 0 Å². The van der Waals surface area contributed by atoms with Gasteiger partial charge in [-0.05, 0) is 43.9 Å². The maximum atomic E-state index is 12.5. The molecule has 1 aromatic carbocycles. The Hall–Kier alpha value is -2.56. The summed E-state index contributed by atoms with van der Waals surface area (Å²) >= 11 is 0. The molecule has 4 rings (SSSR count). The van der Waals surface area contributed by atoms with Crippen LogP contribution in [0.3, 0.4) is 0 Å². The molecule has 0 saturated carbocycles. The predicted octanol–water partition coefficient (Wildman–Crippen LogP) is 2.87. The monoisotopic (exact) mass is 338 g/mol. The molecule has 0 aliphatic carbocycles. The molecule has 25 heavy (non-hydrogen) atoms. The number of hydrogen-bond acceptors (Lipinski definition) is 3. The molecule has 2 aliphatic rings. The van der Waals surface area contributed by atoms with Crippen molar-refractivity contribution in [2.45, 2.75) is 37.6 Å². The van der Waals surface area contributed by atoms with E-state index in [9.17, 15) is 9.59 Å². The van der Waals surface area contributed by atoms with Crippen molar-refractivity contribution in [1.29, 1.82) is 0 Å². The van der Waals surface area contributed by atoms with Gasteiger partial charge in [-0.15, -0.1) is 0 Å².